The Morgan fingerprint density at radius 2 is 1.81 bits per heavy atom. The van der Waals surface area contributed by atoms with E-state index in [0.717, 1.165) is 0 Å². The van der Waals surface area contributed by atoms with Gasteiger partial charge in [-0.1, -0.05) is 6.07 Å². The van der Waals surface area contributed by atoms with Crippen LogP contribution < -0.4 is 9.86 Å². The maximum absolute atomic E-state index is 11.0. The van der Waals surface area contributed by atoms with E-state index in [1.807, 2.05) is 4.72 Å². The van der Waals surface area contributed by atoms with Gasteiger partial charge >= 0.3 is 11.9 Å². The van der Waals surface area contributed by atoms with Gasteiger partial charge in [0.05, 0.1) is 24.3 Å². The van der Waals surface area contributed by atoms with Crippen molar-refractivity contribution in [2.45, 2.75) is 6.61 Å². The van der Waals surface area contributed by atoms with Crippen LogP contribution in [0, 0.1) is 0 Å². The van der Waals surface area contributed by atoms with E-state index in [2.05, 4.69) is 0 Å². The van der Waals surface area contributed by atoms with E-state index in [1.165, 1.54) is 18.2 Å². The molecule has 1 aromatic carbocycles. The molecule has 10 heteroatoms. The van der Waals surface area contributed by atoms with Crippen LogP contribution in [0.5, 0.6) is 0 Å². The molecule has 9 nitrogen and oxygen atoms in total. The summed E-state index contributed by atoms with van der Waals surface area (Å²) in [6, 6.07) is 3.79. The second-order valence-corrected chi connectivity index (χ2v) is 5.36. The highest BCUT2D eigenvalue weighted by Crippen LogP contribution is 2.13. The van der Waals surface area contributed by atoms with E-state index < -0.39 is 22.1 Å². The smallest absolute Gasteiger partial charge is 0.336 e. The van der Waals surface area contributed by atoms with Gasteiger partial charge in [0.25, 0.3) is 10.2 Å². The van der Waals surface area contributed by atoms with Crippen LogP contribution in [0.2, 0.25) is 0 Å². The molecule has 0 aliphatic heterocycles. The summed E-state index contributed by atoms with van der Waals surface area (Å²) in [7, 11) is -3.78. The van der Waals surface area contributed by atoms with Crippen LogP contribution in [0.4, 0.5) is 0 Å². The zero-order chi connectivity index (χ0) is 16.0. The number of rotatable bonds is 8. The lowest BCUT2D eigenvalue weighted by Gasteiger charge is -2.07. The Bertz CT molecular complexity index is 642. The number of nitrogens with two attached hydrogens (primary N) is 1. The molecule has 0 heterocycles. The third-order valence-corrected chi connectivity index (χ3v) is 2.97. The van der Waals surface area contributed by atoms with Crippen LogP contribution >= 0.6 is 0 Å². The predicted octanol–water partition coefficient (Wildman–Crippen LogP) is -0.607. The maximum atomic E-state index is 11.0. The van der Waals surface area contributed by atoms with E-state index in [0.29, 0.717) is 5.56 Å². The molecule has 0 saturated heterocycles. The average molecular weight is 318 g/mol. The van der Waals surface area contributed by atoms with Gasteiger partial charge in [-0.25, -0.2) is 19.5 Å². The predicted molar refractivity (Wildman–Crippen MR) is 71.1 cm³/mol. The fourth-order valence-corrected chi connectivity index (χ4v) is 1.86. The van der Waals surface area contributed by atoms with Crippen LogP contribution in [0.1, 0.15) is 26.3 Å². The number of carbonyl (C=O) groups is 2. The molecule has 0 fully saturated rings. The fraction of sp³-hybridized carbons (Fsp3) is 0.273. The summed E-state index contributed by atoms with van der Waals surface area (Å²) < 4.78 is 28.3. The van der Waals surface area contributed by atoms with Crippen LogP contribution in [0.3, 0.4) is 0 Å². The summed E-state index contributed by atoms with van der Waals surface area (Å²) in [5.41, 5.74) is -0.207. The zero-order valence-corrected chi connectivity index (χ0v) is 11.6. The highest BCUT2D eigenvalue weighted by Gasteiger charge is 2.16. The second-order valence-electron chi connectivity index (χ2n) is 3.98. The maximum Gasteiger partial charge on any atom is 0.336 e. The summed E-state index contributed by atoms with van der Waals surface area (Å²) in [6.45, 7) is 0.00380. The Labute approximate surface area is 120 Å². The molecule has 5 N–H and O–H groups in total. The SMILES string of the molecule is NS(=O)(=O)NCCOCc1ccc(C(=O)O)c(C(=O)O)c1. The van der Waals surface area contributed by atoms with E-state index in [-0.39, 0.29) is 30.9 Å². The van der Waals surface area contributed by atoms with Gasteiger partial charge in [-0.15, -0.1) is 0 Å². The minimum absolute atomic E-state index is 0.00643. The third kappa shape index (κ3) is 5.87. The van der Waals surface area contributed by atoms with Gasteiger partial charge in [0, 0.05) is 6.54 Å². The molecule has 1 rings (SSSR count). The molecule has 0 saturated carbocycles. The Kier molecular flexibility index (Phi) is 5.79. The van der Waals surface area contributed by atoms with Crippen molar-refractivity contribution in [3.05, 3.63) is 34.9 Å². The molecule has 116 valence electrons. The van der Waals surface area contributed by atoms with Crippen LogP contribution in [-0.2, 0) is 21.6 Å². The first-order valence-corrected chi connectivity index (χ1v) is 7.20. The first-order chi connectivity index (χ1) is 9.70. The molecule has 0 aromatic heterocycles. The lowest BCUT2D eigenvalue weighted by Crippen LogP contribution is -2.33. The van der Waals surface area contributed by atoms with Crippen molar-refractivity contribution in [1.82, 2.24) is 4.72 Å². The first-order valence-electron chi connectivity index (χ1n) is 5.65. The molecule has 0 aliphatic rings. The van der Waals surface area contributed by atoms with E-state index in [1.54, 1.807) is 0 Å². The lowest BCUT2D eigenvalue weighted by molar-refractivity contribution is 0.0651. The van der Waals surface area contributed by atoms with Crippen LogP contribution in [0.25, 0.3) is 0 Å². The van der Waals surface area contributed by atoms with Crippen molar-refractivity contribution < 1.29 is 33.0 Å². The van der Waals surface area contributed by atoms with Crippen molar-refractivity contribution in [1.29, 1.82) is 0 Å². The molecular weight excluding hydrogens is 304 g/mol. The van der Waals surface area contributed by atoms with Crippen molar-refractivity contribution in [3.8, 4) is 0 Å². The largest absolute Gasteiger partial charge is 0.478 e. The lowest BCUT2D eigenvalue weighted by atomic mass is 10.0. The Balaban J connectivity index is 2.63. The molecule has 21 heavy (non-hydrogen) atoms. The van der Waals surface area contributed by atoms with E-state index in [9.17, 15) is 18.0 Å². The molecule has 1 aromatic rings. The Hall–Kier alpha value is -2.01. The minimum Gasteiger partial charge on any atom is -0.478 e. The third-order valence-electron chi connectivity index (χ3n) is 2.36. The molecule has 0 bridgehead atoms. The molecule has 0 amide bonds. The van der Waals surface area contributed by atoms with Gasteiger partial charge < -0.3 is 14.9 Å². The highest BCUT2D eigenvalue weighted by atomic mass is 32.2. The molecule has 0 unspecified atom stereocenters. The summed E-state index contributed by atoms with van der Waals surface area (Å²) in [6.07, 6.45) is 0. The standard InChI is InChI=1S/C11H14N2O7S/c12-21(18,19)13-3-4-20-6-7-1-2-8(10(14)15)9(5-7)11(16)17/h1-2,5,13H,3-4,6H2,(H,14,15)(H,16,17)(H2,12,18,19). The van der Waals surface area contributed by atoms with Gasteiger partial charge in [0.2, 0.25) is 0 Å². The second kappa shape index (κ2) is 7.13. The normalized spacial score (nSPS) is 11.3. The van der Waals surface area contributed by atoms with Crippen molar-refractivity contribution >= 4 is 22.1 Å². The summed E-state index contributed by atoms with van der Waals surface area (Å²) in [5.74, 6) is -2.69. The van der Waals surface area contributed by atoms with E-state index in [4.69, 9.17) is 20.1 Å². The van der Waals surface area contributed by atoms with Gasteiger partial charge in [-0.05, 0) is 17.7 Å². The van der Waals surface area contributed by atoms with E-state index >= 15 is 0 Å². The van der Waals surface area contributed by atoms with Gasteiger partial charge in [-0.3, -0.25) is 0 Å². The number of hydrogen-bond donors (Lipinski definition) is 4. The zero-order valence-electron chi connectivity index (χ0n) is 10.8. The molecule has 0 radical (unpaired) electrons. The Morgan fingerprint density at radius 1 is 1.19 bits per heavy atom. The summed E-state index contributed by atoms with van der Waals surface area (Å²) >= 11 is 0. The molecular formula is C11H14N2O7S. The van der Waals surface area contributed by atoms with Gasteiger partial charge in [0.1, 0.15) is 0 Å². The topological polar surface area (TPSA) is 156 Å². The highest BCUT2D eigenvalue weighted by molar-refractivity contribution is 7.87. The first kappa shape index (κ1) is 17.0. The number of carboxylic acid groups (broad SMARTS) is 2. The quantitative estimate of drug-likeness (QED) is 0.466. The molecule has 0 spiro atoms. The summed E-state index contributed by atoms with van der Waals surface area (Å²) in [5, 5.41) is 22.5. The molecule has 0 aliphatic carbocycles. The van der Waals surface area contributed by atoms with Crippen molar-refractivity contribution in [2.75, 3.05) is 13.2 Å². The van der Waals surface area contributed by atoms with Crippen molar-refractivity contribution in [2.24, 2.45) is 5.14 Å². The van der Waals surface area contributed by atoms with Gasteiger partial charge in [0.15, 0.2) is 0 Å². The minimum atomic E-state index is -3.78. The van der Waals surface area contributed by atoms with Crippen LogP contribution in [-0.4, -0.2) is 43.7 Å². The Morgan fingerprint density at radius 3 is 2.33 bits per heavy atom. The number of nitrogens with one attached hydrogen (secondary N) is 1. The molecule has 0 atom stereocenters. The van der Waals surface area contributed by atoms with Gasteiger partial charge in [-0.2, -0.15) is 8.42 Å². The number of ether oxygens (including phenoxy) is 1. The number of aromatic carboxylic acids is 2. The fourth-order valence-electron chi connectivity index (χ4n) is 1.49. The monoisotopic (exact) mass is 318 g/mol. The van der Waals surface area contributed by atoms with Crippen molar-refractivity contribution in [3.63, 3.8) is 0 Å². The number of hydrogen-bond acceptors (Lipinski definition) is 5. The summed E-state index contributed by atoms with van der Waals surface area (Å²) in [4.78, 5) is 21.8. The average Bonchev–Trinajstić information content (AvgIpc) is 2.36. The number of benzene rings is 1. The van der Waals surface area contributed by atoms with Crippen LogP contribution in [0.15, 0.2) is 18.2 Å². The number of carboxylic acids is 2.